The van der Waals surface area contributed by atoms with Crippen LogP contribution in [0.1, 0.15) is 12.8 Å². The zero-order valence-electron chi connectivity index (χ0n) is 14.7. The van der Waals surface area contributed by atoms with E-state index in [0.29, 0.717) is 31.7 Å². The number of hydrogen-bond donors (Lipinski definition) is 2. The number of fused-ring (bicyclic) bond motifs is 2. The van der Waals surface area contributed by atoms with E-state index in [0.717, 1.165) is 33.3 Å². The van der Waals surface area contributed by atoms with Gasteiger partial charge in [-0.05, 0) is 54.6 Å². The molecule has 4 aromatic rings. The third-order valence-electron chi connectivity index (χ3n) is 5.05. The summed E-state index contributed by atoms with van der Waals surface area (Å²) in [4.78, 5) is 11.1. The number of rotatable bonds is 3. The molecule has 5 rings (SSSR count). The molecular formula is C20H19FN6. The Labute approximate surface area is 155 Å². The number of alkyl halides is 1. The standard InChI is InChI=1S/C20H19FN6/c21-14-6-10-27(11-7-14)20-16-4-3-15(12-13(16)5-9-23-20)24-19-18-17(25-26-19)2-1-8-22-18/h1-5,8-9,12,14H,6-7,10-11H2,(H2,24,25,26). The number of aromatic nitrogens is 4. The summed E-state index contributed by atoms with van der Waals surface area (Å²) in [7, 11) is 0. The number of halogens is 1. The molecule has 27 heavy (non-hydrogen) atoms. The van der Waals surface area contributed by atoms with Gasteiger partial charge in [-0.1, -0.05) is 0 Å². The number of benzene rings is 1. The van der Waals surface area contributed by atoms with Crippen molar-refractivity contribution in [3.8, 4) is 0 Å². The molecule has 3 aromatic heterocycles. The molecule has 0 bridgehead atoms. The summed E-state index contributed by atoms with van der Waals surface area (Å²) >= 11 is 0. The van der Waals surface area contributed by atoms with Gasteiger partial charge in [0.1, 0.15) is 17.5 Å². The van der Waals surface area contributed by atoms with E-state index in [2.05, 4.69) is 42.5 Å². The summed E-state index contributed by atoms with van der Waals surface area (Å²) in [6.07, 6.45) is 4.01. The molecule has 1 aliphatic heterocycles. The van der Waals surface area contributed by atoms with E-state index in [9.17, 15) is 4.39 Å². The number of anilines is 3. The molecule has 0 saturated carbocycles. The van der Waals surface area contributed by atoms with Crippen LogP contribution in [0.25, 0.3) is 21.8 Å². The molecule has 2 N–H and O–H groups in total. The molecule has 0 unspecified atom stereocenters. The van der Waals surface area contributed by atoms with E-state index >= 15 is 0 Å². The van der Waals surface area contributed by atoms with Crippen molar-refractivity contribution in [3.05, 3.63) is 48.8 Å². The third-order valence-corrected chi connectivity index (χ3v) is 5.05. The summed E-state index contributed by atoms with van der Waals surface area (Å²) in [5.41, 5.74) is 2.63. The van der Waals surface area contributed by atoms with Crippen LogP contribution in [0.5, 0.6) is 0 Å². The molecule has 0 atom stereocenters. The second-order valence-electron chi connectivity index (χ2n) is 6.83. The predicted molar refractivity (Wildman–Crippen MR) is 105 cm³/mol. The van der Waals surface area contributed by atoms with Gasteiger partial charge in [0.25, 0.3) is 0 Å². The Kier molecular flexibility index (Phi) is 3.85. The molecule has 0 amide bonds. The van der Waals surface area contributed by atoms with Crippen LogP contribution in [-0.4, -0.2) is 39.4 Å². The minimum atomic E-state index is -0.690. The van der Waals surface area contributed by atoms with Crippen LogP contribution in [0.4, 0.5) is 21.7 Å². The Bertz CT molecular complexity index is 1100. The fourth-order valence-corrected chi connectivity index (χ4v) is 3.63. The van der Waals surface area contributed by atoms with Gasteiger partial charge in [0.15, 0.2) is 5.82 Å². The van der Waals surface area contributed by atoms with Gasteiger partial charge in [0.05, 0.1) is 5.52 Å². The Morgan fingerprint density at radius 3 is 2.85 bits per heavy atom. The molecule has 0 aliphatic carbocycles. The number of H-pyrrole nitrogens is 1. The molecule has 0 spiro atoms. The van der Waals surface area contributed by atoms with Crippen molar-refractivity contribution in [1.29, 1.82) is 0 Å². The highest BCUT2D eigenvalue weighted by molar-refractivity contribution is 5.95. The first-order chi connectivity index (χ1) is 13.3. The molecule has 136 valence electrons. The van der Waals surface area contributed by atoms with E-state index in [4.69, 9.17) is 0 Å². The second kappa shape index (κ2) is 6.50. The SMILES string of the molecule is FC1CCN(c2nccc3cc(Nc4n[nH]c5cccnc45)ccc23)CC1. The smallest absolute Gasteiger partial charge is 0.178 e. The lowest BCUT2D eigenvalue weighted by molar-refractivity contribution is 0.277. The highest BCUT2D eigenvalue weighted by Crippen LogP contribution is 2.30. The van der Waals surface area contributed by atoms with Gasteiger partial charge in [0.2, 0.25) is 0 Å². The summed E-state index contributed by atoms with van der Waals surface area (Å²) < 4.78 is 13.5. The Balaban J connectivity index is 1.47. The highest BCUT2D eigenvalue weighted by Gasteiger charge is 2.20. The summed E-state index contributed by atoms with van der Waals surface area (Å²) in [5, 5.41) is 12.8. The topological polar surface area (TPSA) is 69.7 Å². The lowest BCUT2D eigenvalue weighted by Gasteiger charge is -2.30. The van der Waals surface area contributed by atoms with Gasteiger partial charge in [-0.2, -0.15) is 5.10 Å². The molecule has 1 fully saturated rings. The van der Waals surface area contributed by atoms with Crippen LogP contribution in [0, 0.1) is 0 Å². The normalized spacial score (nSPS) is 15.5. The first-order valence-electron chi connectivity index (χ1n) is 9.12. The lowest BCUT2D eigenvalue weighted by atomic mass is 10.1. The Morgan fingerprint density at radius 2 is 1.96 bits per heavy atom. The molecule has 4 heterocycles. The molecule has 0 radical (unpaired) electrons. The van der Waals surface area contributed by atoms with Gasteiger partial charge in [-0.25, -0.2) is 9.37 Å². The summed E-state index contributed by atoms with van der Waals surface area (Å²) in [6.45, 7) is 1.41. The predicted octanol–water partition coefficient (Wildman–Crippen LogP) is 4.19. The molecule has 7 heteroatoms. The number of pyridine rings is 2. The van der Waals surface area contributed by atoms with Crippen LogP contribution < -0.4 is 10.2 Å². The van der Waals surface area contributed by atoms with Crippen molar-refractivity contribution < 1.29 is 4.39 Å². The van der Waals surface area contributed by atoms with Gasteiger partial charge in [-0.3, -0.25) is 10.1 Å². The van der Waals surface area contributed by atoms with Gasteiger partial charge < -0.3 is 10.2 Å². The maximum atomic E-state index is 13.5. The average Bonchev–Trinajstić information content (AvgIpc) is 3.11. The number of piperidine rings is 1. The summed E-state index contributed by atoms with van der Waals surface area (Å²) in [6, 6.07) is 12.0. The molecular weight excluding hydrogens is 343 g/mol. The number of nitrogens with one attached hydrogen (secondary N) is 2. The zero-order valence-corrected chi connectivity index (χ0v) is 14.7. The minimum Gasteiger partial charge on any atom is -0.356 e. The average molecular weight is 362 g/mol. The zero-order chi connectivity index (χ0) is 18.2. The lowest BCUT2D eigenvalue weighted by Crippen LogP contribution is -2.35. The maximum absolute atomic E-state index is 13.5. The van der Waals surface area contributed by atoms with Crippen molar-refractivity contribution in [1.82, 2.24) is 20.2 Å². The van der Waals surface area contributed by atoms with Gasteiger partial charge in [-0.15, -0.1) is 0 Å². The van der Waals surface area contributed by atoms with Crippen LogP contribution in [0.3, 0.4) is 0 Å². The quantitative estimate of drug-likeness (QED) is 0.572. The summed E-state index contributed by atoms with van der Waals surface area (Å²) in [5.74, 6) is 1.63. The first-order valence-corrected chi connectivity index (χ1v) is 9.12. The van der Waals surface area contributed by atoms with Crippen molar-refractivity contribution in [2.45, 2.75) is 19.0 Å². The van der Waals surface area contributed by atoms with E-state index in [-0.39, 0.29) is 0 Å². The monoisotopic (exact) mass is 362 g/mol. The maximum Gasteiger partial charge on any atom is 0.178 e. The van der Waals surface area contributed by atoms with Crippen LogP contribution in [-0.2, 0) is 0 Å². The highest BCUT2D eigenvalue weighted by atomic mass is 19.1. The van der Waals surface area contributed by atoms with Crippen molar-refractivity contribution in [2.75, 3.05) is 23.3 Å². The molecule has 6 nitrogen and oxygen atoms in total. The largest absolute Gasteiger partial charge is 0.356 e. The van der Waals surface area contributed by atoms with E-state index < -0.39 is 6.17 Å². The second-order valence-corrected chi connectivity index (χ2v) is 6.83. The van der Waals surface area contributed by atoms with E-state index in [1.165, 1.54) is 0 Å². The molecule has 1 aliphatic rings. The minimum absolute atomic E-state index is 0.566. The fraction of sp³-hybridized carbons (Fsp3) is 0.250. The number of nitrogens with zero attached hydrogens (tertiary/aromatic N) is 4. The number of hydrogen-bond acceptors (Lipinski definition) is 5. The van der Waals surface area contributed by atoms with Crippen molar-refractivity contribution in [2.24, 2.45) is 0 Å². The fourth-order valence-electron chi connectivity index (χ4n) is 3.63. The van der Waals surface area contributed by atoms with Gasteiger partial charge >= 0.3 is 0 Å². The molecule has 1 saturated heterocycles. The number of aromatic amines is 1. The van der Waals surface area contributed by atoms with E-state index in [1.54, 1.807) is 6.20 Å². The Morgan fingerprint density at radius 1 is 1.07 bits per heavy atom. The third kappa shape index (κ3) is 2.95. The van der Waals surface area contributed by atoms with Gasteiger partial charge in [0, 0.05) is 36.6 Å². The van der Waals surface area contributed by atoms with E-state index in [1.807, 2.05) is 30.5 Å². The molecule has 1 aromatic carbocycles. The van der Waals surface area contributed by atoms with Crippen molar-refractivity contribution >= 4 is 39.1 Å². The van der Waals surface area contributed by atoms with Crippen molar-refractivity contribution in [3.63, 3.8) is 0 Å². The first kappa shape index (κ1) is 16.0. The Hall–Kier alpha value is -3.22. The van der Waals surface area contributed by atoms with Crippen LogP contribution in [0.15, 0.2) is 48.8 Å². The van der Waals surface area contributed by atoms with Crippen LogP contribution >= 0.6 is 0 Å². The van der Waals surface area contributed by atoms with Crippen LogP contribution in [0.2, 0.25) is 0 Å².